The molecular weight excluding hydrogens is 627 g/mol. The van der Waals surface area contributed by atoms with Crippen molar-refractivity contribution in [3.05, 3.63) is 164 Å². The fourth-order valence-electron chi connectivity index (χ4n) is 7.97. The third kappa shape index (κ3) is 3.91. The molecule has 8 aromatic carbocycles. The maximum Gasteiger partial charge on any atom is 0.235 e. The minimum Gasteiger partial charge on any atom is -0.277 e. The Kier molecular flexibility index (Phi) is 5.83. The van der Waals surface area contributed by atoms with Crippen molar-refractivity contribution < 1.29 is 0 Å². The van der Waals surface area contributed by atoms with Gasteiger partial charge >= 0.3 is 0 Å². The van der Waals surface area contributed by atoms with Crippen molar-refractivity contribution in [1.82, 2.24) is 14.5 Å². The van der Waals surface area contributed by atoms with Gasteiger partial charge in [0, 0.05) is 47.3 Å². The topological polar surface area (TPSA) is 30.7 Å². The van der Waals surface area contributed by atoms with Crippen molar-refractivity contribution in [3.63, 3.8) is 0 Å². The predicted octanol–water partition coefficient (Wildman–Crippen LogP) is 12.7. The number of rotatable bonds is 3. The van der Waals surface area contributed by atoms with Gasteiger partial charge in [0.15, 0.2) is 0 Å². The molecule has 0 atom stereocenters. The van der Waals surface area contributed by atoms with Crippen LogP contribution in [0.2, 0.25) is 0 Å². The average Bonchev–Trinajstić information content (AvgIpc) is 3.74. The van der Waals surface area contributed by atoms with Crippen LogP contribution in [0.25, 0.3) is 103 Å². The van der Waals surface area contributed by atoms with E-state index in [1.54, 1.807) is 0 Å². The zero-order chi connectivity index (χ0) is 32.8. The molecule has 0 amide bonds. The van der Waals surface area contributed by atoms with Gasteiger partial charge in [0.2, 0.25) is 5.95 Å². The number of hydrogen-bond acceptors (Lipinski definition) is 3. The second-order valence-electron chi connectivity index (χ2n) is 12.9. The molecule has 0 bridgehead atoms. The summed E-state index contributed by atoms with van der Waals surface area (Å²) in [6.07, 6.45) is 0. The second kappa shape index (κ2) is 10.6. The van der Waals surface area contributed by atoms with Crippen LogP contribution in [0, 0.1) is 0 Å². The van der Waals surface area contributed by atoms with E-state index in [1.165, 1.54) is 63.6 Å². The van der Waals surface area contributed by atoms with Crippen molar-refractivity contribution in [2.24, 2.45) is 0 Å². The fourth-order valence-corrected chi connectivity index (χ4v) is 9.25. The molecule has 0 aliphatic heterocycles. The highest BCUT2D eigenvalue weighted by Crippen LogP contribution is 2.49. The van der Waals surface area contributed by atoms with Crippen molar-refractivity contribution in [2.75, 3.05) is 0 Å². The van der Waals surface area contributed by atoms with E-state index in [0.29, 0.717) is 5.95 Å². The van der Waals surface area contributed by atoms with Gasteiger partial charge in [0.05, 0.1) is 22.2 Å². The highest BCUT2D eigenvalue weighted by Gasteiger charge is 2.24. The summed E-state index contributed by atoms with van der Waals surface area (Å²) < 4.78 is 4.90. The molecule has 0 saturated carbocycles. The normalized spacial score (nSPS) is 12.0. The molecule has 50 heavy (non-hydrogen) atoms. The number of fused-ring (bicyclic) bond motifs is 13. The van der Waals surface area contributed by atoms with Gasteiger partial charge in [-0.1, -0.05) is 146 Å². The van der Waals surface area contributed by atoms with E-state index in [0.717, 1.165) is 33.2 Å². The third-order valence-corrected chi connectivity index (χ3v) is 11.4. The molecule has 11 rings (SSSR count). The molecule has 0 N–H and O–H groups in total. The predicted molar refractivity (Wildman–Crippen MR) is 213 cm³/mol. The van der Waals surface area contributed by atoms with Crippen LogP contribution in [0.1, 0.15) is 0 Å². The molecule has 0 aliphatic rings. The number of para-hydroxylation sites is 2. The minimum absolute atomic E-state index is 0.675. The van der Waals surface area contributed by atoms with E-state index in [4.69, 9.17) is 9.97 Å². The van der Waals surface area contributed by atoms with E-state index in [-0.39, 0.29) is 0 Å². The molecule has 0 fully saturated rings. The molecule has 0 saturated heterocycles. The Morgan fingerprint density at radius 1 is 0.420 bits per heavy atom. The van der Waals surface area contributed by atoms with Gasteiger partial charge in [-0.15, -0.1) is 11.3 Å². The molecule has 0 aliphatic carbocycles. The van der Waals surface area contributed by atoms with E-state index in [2.05, 4.69) is 168 Å². The Hall–Kier alpha value is -6.36. The smallest absolute Gasteiger partial charge is 0.235 e. The van der Waals surface area contributed by atoms with Crippen LogP contribution in [0.15, 0.2) is 164 Å². The van der Waals surface area contributed by atoms with Crippen molar-refractivity contribution in [3.8, 4) is 28.3 Å². The van der Waals surface area contributed by atoms with Gasteiger partial charge in [-0.25, -0.2) is 9.97 Å². The number of hydrogen-bond donors (Lipinski definition) is 0. The van der Waals surface area contributed by atoms with E-state index in [1.807, 2.05) is 11.3 Å². The first kappa shape index (κ1) is 27.6. The molecule has 232 valence electrons. The summed E-state index contributed by atoms with van der Waals surface area (Å²) in [6.45, 7) is 0. The monoisotopic (exact) mass is 653 g/mol. The van der Waals surface area contributed by atoms with E-state index < -0.39 is 0 Å². The Labute approximate surface area is 291 Å². The second-order valence-corrected chi connectivity index (χ2v) is 14.0. The molecule has 4 heteroatoms. The van der Waals surface area contributed by atoms with Crippen molar-refractivity contribution >= 4 is 85.8 Å². The SMILES string of the molecule is c1ccc(-c2ccc(-c3nc(-n4c5ccccc5c5c6ccc7ccccc7c6c6sc7ccccc7c6c54)nc4ccccc34)cc2)cc1. The number of thiophene rings is 1. The molecule has 0 spiro atoms. The summed E-state index contributed by atoms with van der Waals surface area (Å²) in [7, 11) is 0. The van der Waals surface area contributed by atoms with Crippen LogP contribution in [0.4, 0.5) is 0 Å². The summed E-state index contributed by atoms with van der Waals surface area (Å²) in [5, 5.41) is 11.1. The zero-order valence-electron chi connectivity index (χ0n) is 26.8. The van der Waals surface area contributed by atoms with Crippen molar-refractivity contribution in [2.45, 2.75) is 0 Å². The van der Waals surface area contributed by atoms with Gasteiger partial charge in [0.25, 0.3) is 0 Å². The summed E-state index contributed by atoms with van der Waals surface area (Å²) in [5.41, 5.74) is 7.54. The van der Waals surface area contributed by atoms with Crippen LogP contribution in [0.3, 0.4) is 0 Å². The van der Waals surface area contributed by atoms with Gasteiger partial charge in [0.1, 0.15) is 0 Å². The average molecular weight is 654 g/mol. The zero-order valence-corrected chi connectivity index (χ0v) is 27.7. The minimum atomic E-state index is 0.675. The Morgan fingerprint density at radius 3 is 1.94 bits per heavy atom. The molecular formula is C46H27N3S. The Balaban J connectivity index is 1.29. The summed E-state index contributed by atoms with van der Waals surface area (Å²) in [6, 6.07) is 58.6. The molecule has 11 aromatic rings. The van der Waals surface area contributed by atoms with Crippen LogP contribution in [-0.2, 0) is 0 Å². The number of benzene rings is 8. The third-order valence-electron chi connectivity index (χ3n) is 10.2. The van der Waals surface area contributed by atoms with Gasteiger partial charge in [-0.3, -0.25) is 4.57 Å². The fraction of sp³-hybridized carbons (Fsp3) is 0. The standard InChI is InChI=1S/C46H27N3S/c1-2-12-28(13-3-1)29-22-24-31(25-23-29)43-33-16-6-9-19-37(33)47-46(48-43)49-38-20-10-7-17-34(38)40-36-27-26-30-14-4-5-15-32(30)41(36)45-42(44(40)49)35-18-8-11-21-39(35)50-45/h1-27H. The summed E-state index contributed by atoms with van der Waals surface area (Å²) >= 11 is 1.88. The molecule has 3 heterocycles. The van der Waals surface area contributed by atoms with Crippen LogP contribution >= 0.6 is 11.3 Å². The molecule has 3 aromatic heterocycles. The van der Waals surface area contributed by atoms with E-state index >= 15 is 0 Å². The highest BCUT2D eigenvalue weighted by atomic mass is 32.1. The van der Waals surface area contributed by atoms with Gasteiger partial charge < -0.3 is 0 Å². The maximum absolute atomic E-state index is 5.47. The number of nitrogens with zero attached hydrogens (tertiary/aromatic N) is 3. The first-order chi connectivity index (χ1) is 24.8. The van der Waals surface area contributed by atoms with Gasteiger partial charge in [-0.05, 0) is 45.5 Å². The van der Waals surface area contributed by atoms with Crippen molar-refractivity contribution in [1.29, 1.82) is 0 Å². The van der Waals surface area contributed by atoms with Crippen LogP contribution < -0.4 is 0 Å². The first-order valence-electron chi connectivity index (χ1n) is 16.9. The Morgan fingerprint density at radius 2 is 1.08 bits per heavy atom. The van der Waals surface area contributed by atoms with E-state index in [9.17, 15) is 0 Å². The van der Waals surface area contributed by atoms with Crippen LogP contribution in [0.5, 0.6) is 0 Å². The van der Waals surface area contributed by atoms with Gasteiger partial charge in [-0.2, -0.15) is 0 Å². The first-order valence-corrected chi connectivity index (χ1v) is 17.7. The maximum atomic E-state index is 5.47. The lowest BCUT2D eigenvalue weighted by Crippen LogP contribution is -2.03. The van der Waals surface area contributed by atoms with Crippen LogP contribution in [-0.4, -0.2) is 14.5 Å². The molecule has 3 nitrogen and oxygen atoms in total. The quantitative estimate of drug-likeness (QED) is 0.178. The summed E-state index contributed by atoms with van der Waals surface area (Å²) in [5.74, 6) is 0.675. The lowest BCUT2D eigenvalue weighted by molar-refractivity contribution is 1.02. The highest BCUT2D eigenvalue weighted by molar-refractivity contribution is 7.27. The largest absolute Gasteiger partial charge is 0.277 e. The molecule has 0 unspecified atom stereocenters. The molecule has 0 radical (unpaired) electrons. The summed E-state index contributed by atoms with van der Waals surface area (Å²) in [4.78, 5) is 10.8. The lowest BCUT2D eigenvalue weighted by Gasteiger charge is -2.13. The lowest BCUT2D eigenvalue weighted by atomic mass is 9.95. The Bertz CT molecular complexity index is 3140. The number of aromatic nitrogens is 3.